The third kappa shape index (κ3) is 4.37. The van der Waals surface area contributed by atoms with E-state index in [-0.39, 0.29) is 18.8 Å². The second kappa shape index (κ2) is 8.92. The van der Waals surface area contributed by atoms with Gasteiger partial charge >= 0.3 is 5.97 Å². The van der Waals surface area contributed by atoms with Gasteiger partial charge in [-0.25, -0.2) is 19.2 Å². The topological polar surface area (TPSA) is 61.3 Å². The molecule has 5 nitrogen and oxygen atoms in total. The van der Waals surface area contributed by atoms with E-state index in [1.165, 1.54) is 17.3 Å². The molecule has 1 aromatic carbocycles. The zero-order chi connectivity index (χ0) is 19.4. The fraction of sp³-hybridized carbons (Fsp3) is 0.316. The lowest BCUT2D eigenvalue weighted by Gasteiger charge is -2.18. The van der Waals surface area contributed by atoms with Crippen LogP contribution in [0, 0.1) is 9.39 Å². The molecule has 0 aliphatic carbocycles. The summed E-state index contributed by atoms with van der Waals surface area (Å²) >= 11 is 3.82. The molecule has 3 rings (SSSR count). The van der Waals surface area contributed by atoms with Crippen molar-refractivity contribution in [1.29, 1.82) is 0 Å². The standard InChI is InChI=1S/C19H18FIN2O3S/c1-3-14-16(21)15-17(22-10-23-18(15)27-14)26-13(19(24)25-4-2)9-11-7-5-6-8-12(11)20/h5-8,10,13H,3-4,9H2,1-2H3/t13-/m0/s1. The van der Waals surface area contributed by atoms with Crippen molar-refractivity contribution in [2.24, 2.45) is 0 Å². The summed E-state index contributed by atoms with van der Waals surface area (Å²) in [4.78, 5) is 22.9. The Kier molecular flexibility index (Phi) is 6.59. The van der Waals surface area contributed by atoms with E-state index >= 15 is 0 Å². The molecule has 2 aromatic heterocycles. The van der Waals surface area contributed by atoms with Crippen LogP contribution in [0.5, 0.6) is 5.88 Å². The molecule has 1 atom stereocenters. The first kappa shape index (κ1) is 19.9. The number of thiophene rings is 1. The smallest absolute Gasteiger partial charge is 0.347 e. The van der Waals surface area contributed by atoms with Gasteiger partial charge in [-0.05, 0) is 47.6 Å². The minimum atomic E-state index is -0.999. The van der Waals surface area contributed by atoms with E-state index < -0.39 is 12.1 Å². The lowest BCUT2D eigenvalue weighted by molar-refractivity contribution is -0.151. The van der Waals surface area contributed by atoms with Crippen molar-refractivity contribution in [2.75, 3.05) is 6.61 Å². The maximum absolute atomic E-state index is 14.1. The maximum atomic E-state index is 14.1. The first-order valence-electron chi connectivity index (χ1n) is 8.53. The van der Waals surface area contributed by atoms with E-state index in [0.717, 1.165) is 20.2 Å². The Morgan fingerprint density at radius 3 is 2.78 bits per heavy atom. The number of benzene rings is 1. The Labute approximate surface area is 174 Å². The number of carbonyl (C=O) groups excluding carboxylic acids is 1. The number of ether oxygens (including phenoxy) is 2. The van der Waals surface area contributed by atoms with Gasteiger partial charge in [-0.1, -0.05) is 25.1 Å². The highest BCUT2D eigenvalue weighted by Gasteiger charge is 2.26. The van der Waals surface area contributed by atoms with Crippen LogP contribution >= 0.6 is 33.9 Å². The van der Waals surface area contributed by atoms with E-state index in [9.17, 15) is 9.18 Å². The van der Waals surface area contributed by atoms with Gasteiger partial charge in [0.05, 0.1) is 12.0 Å². The van der Waals surface area contributed by atoms with Gasteiger partial charge in [-0.15, -0.1) is 11.3 Å². The van der Waals surface area contributed by atoms with Crippen LogP contribution in [-0.4, -0.2) is 28.6 Å². The largest absolute Gasteiger partial charge is 0.463 e. The van der Waals surface area contributed by atoms with Gasteiger partial charge in [0.2, 0.25) is 12.0 Å². The number of hydrogen-bond donors (Lipinski definition) is 0. The molecule has 0 aliphatic rings. The molecule has 8 heteroatoms. The van der Waals surface area contributed by atoms with Crippen molar-refractivity contribution >= 4 is 50.1 Å². The van der Waals surface area contributed by atoms with Crippen LogP contribution in [-0.2, 0) is 22.4 Å². The van der Waals surface area contributed by atoms with Crippen molar-refractivity contribution < 1.29 is 18.7 Å². The minimum Gasteiger partial charge on any atom is -0.463 e. The third-order valence-electron chi connectivity index (χ3n) is 3.95. The summed E-state index contributed by atoms with van der Waals surface area (Å²) in [6.45, 7) is 4.00. The monoisotopic (exact) mass is 500 g/mol. The number of esters is 1. The van der Waals surface area contributed by atoms with Crippen molar-refractivity contribution in [3.63, 3.8) is 0 Å². The van der Waals surface area contributed by atoms with E-state index in [1.54, 1.807) is 36.5 Å². The lowest BCUT2D eigenvalue weighted by Crippen LogP contribution is -2.32. The number of carbonyl (C=O) groups is 1. The second-order valence-corrected chi connectivity index (χ2v) is 7.87. The van der Waals surface area contributed by atoms with Crippen molar-refractivity contribution in [3.8, 4) is 5.88 Å². The number of nitrogens with zero attached hydrogens (tertiary/aromatic N) is 2. The summed E-state index contributed by atoms with van der Waals surface area (Å²) in [5.74, 6) is -0.621. The zero-order valence-corrected chi connectivity index (χ0v) is 17.8. The predicted octanol–water partition coefficient (Wildman–Crippen LogP) is 4.55. The molecule has 2 heterocycles. The van der Waals surface area contributed by atoms with Gasteiger partial charge in [-0.2, -0.15) is 0 Å². The van der Waals surface area contributed by atoms with Crippen LogP contribution in [0.2, 0.25) is 0 Å². The Bertz CT molecular complexity index is 963. The normalized spacial score (nSPS) is 12.1. The maximum Gasteiger partial charge on any atom is 0.347 e. The Morgan fingerprint density at radius 2 is 2.07 bits per heavy atom. The molecular weight excluding hydrogens is 482 g/mol. The van der Waals surface area contributed by atoms with Crippen LogP contribution in [0.1, 0.15) is 24.3 Å². The molecule has 0 bridgehead atoms. The molecule has 0 aliphatic heterocycles. The van der Waals surface area contributed by atoms with Crippen LogP contribution in [0.25, 0.3) is 10.2 Å². The van der Waals surface area contributed by atoms with Gasteiger partial charge in [0.15, 0.2) is 0 Å². The van der Waals surface area contributed by atoms with Crippen molar-refractivity contribution in [3.05, 3.63) is 50.4 Å². The molecule has 142 valence electrons. The fourth-order valence-corrected chi connectivity index (χ4v) is 4.99. The molecule has 0 radical (unpaired) electrons. The Morgan fingerprint density at radius 1 is 1.30 bits per heavy atom. The molecular formula is C19H18FIN2O3S. The molecule has 0 fully saturated rings. The third-order valence-corrected chi connectivity index (χ3v) is 6.75. The van der Waals surface area contributed by atoms with Gasteiger partial charge in [0.1, 0.15) is 17.0 Å². The first-order chi connectivity index (χ1) is 13.0. The quantitative estimate of drug-likeness (QED) is 0.352. The molecule has 0 saturated heterocycles. The van der Waals surface area contributed by atoms with E-state index in [1.807, 2.05) is 0 Å². The zero-order valence-electron chi connectivity index (χ0n) is 14.9. The van der Waals surface area contributed by atoms with E-state index in [4.69, 9.17) is 9.47 Å². The average Bonchev–Trinajstić information content (AvgIpc) is 3.00. The summed E-state index contributed by atoms with van der Waals surface area (Å²) < 4.78 is 26.2. The average molecular weight is 500 g/mol. The van der Waals surface area contributed by atoms with Gasteiger partial charge in [-0.3, -0.25) is 0 Å². The molecule has 0 spiro atoms. The highest BCUT2D eigenvalue weighted by molar-refractivity contribution is 14.1. The van der Waals surface area contributed by atoms with Crippen LogP contribution in [0.3, 0.4) is 0 Å². The molecule has 3 aromatic rings. The predicted molar refractivity (Wildman–Crippen MR) is 111 cm³/mol. The number of halogens is 2. The summed E-state index contributed by atoms with van der Waals surface area (Å²) in [5.41, 5.74) is 0.384. The van der Waals surface area contributed by atoms with Gasteiger partial charge in [0, 0.05) is 14.9 Å². The highest BCUT2D eigenvalue weighted by Crippen LogP contribution is 2.36. The summed E-state index contributed by atoms with van der Waals surface area (Å²) in [6.07, 6.45) is 1.34. The van der Waals surface area contributed by atoms with Crippen LogP contribution in [0.4, 0.5) is 4.39 Å². The molecule has 0 saturated carbocycles. The SMILES string of the molecule is CCOC(=O)[C@H](Cc1ccccc1F)Oc1ncnc2sc(CC)c(I)c12. The molecule has 0 N–H and O–H groups in total. The number of rotatable bonds is 7. The van der Waals surface area contributed by atoms with Gasteiger partial charge in [0.25, 0.3) is 0 Å². The number of aryl methyl sites for hydroxylation is 1. The van der Waals surface area contributed by atoms with E-state index in [0.29, 0.717) is 11.4 Å². The summed E-state index contributed by atoms with van der Waals surface area (Å²) in [7, 11) is 0. The first-order valence-corrected chi connectivity index (χ1v) is 10.4. The van der Waals surface area contributed by atoms with Gasteiger partial charge < -0.3 is 9.47 Å². The Balaban J connectivity index is 1.97. The van der Waals surface area contributed by atoms with Crippen LogP contribution in [0.15, 0.2) is 30.6 Å². The number of fused-ring (bicyclic) bond motifs is 1. The molecule has 0 unspecified atom stereocenters. The van der Waals surface area contributed by atoms with Crippen molar-refractivity contribution in [2.45, 2.75) is 32.8 Å². The highest BCUT2D eigenvalue weighted by atomic mass is 127. The Hall–Kier alpha value is -1.81. The van der Waals surface area contributed by atoms with E-state index in [2.05, 4.69) is 39.5 Å². The molecule has 0 amide bonds. The summed E-state index contributed by atoms with van der Waals surface area (Å²) in [6, 6.07) is 6.31. The number of hydrogen-bond acceptors (Lipinski definition) is 6. The fourth-order valence-electron chi connectivity index (χ4n) is 2.64. The number of aromatic nitrogens is 2. The minimum absolute atomic E-state index is 0.0539. The second-order valence-electron chi connectivity index (χ2n) is 5.71. The van der Waals surface area contributed by atoms with Crippen LogP contribution < -0.4 is 4.74 Å². The molecule has 27 heavy (non-hydrogen) atoms. The van der Waals surface area contributed by atoms with Crippen molar-refractivity contribution in [1.82, 2.24) is 9.97 Å². The lowest BCUT2D eigenvalue weighted by atomic mass is 10.1. The summed E-state index contributed by atoms with van der Waals surface area (Å²) in [5, 5.41) is 0.780.